The van der Waals surface area contributed by atoms with Crippen molar-refractivity contribution in [3.05, 3.63) is 36.2 Å². The van der Waals surface area contributed by atoms with Gasteiger partial charge in [-0.15, -0.1) is 0 Å². The number of nitrogens with one attached hydrogen (secondary N) is 2. The third-order valence-corrected chi connectivity index (χ3v) is 4.02. The molecule has 1 aromatic carbocycles. The maximum atomic E-state index is 12.9. The molecular formula is C16H15F3N6O. The van der Waals surface area contributed by atoms with Crippen molar-refractivity contribution >= 4 is 28.6 Å². The summed E-state index contributed by atoms with van der Waals surface area (Å²) in [5.41, 5.74) is 0.636. The molecule has 136 valence electrons. The Morgan fingerprint density at radius 1 is 1.15 bits per heavy atom. The second kappa shape index (κ2) is 6.45. The Morgan fingerprint density at radius 3 is 2.73 bits per heavy atom. The number of halogens is 3. The van der Waals surface area contributed by atoms with Crippen molar-refractivity contribution in [2.24, 2.45) is 0 Å². The highest BCUT2D eigenvalue weighted by Crippen LogP contribution is 2.31. The molecule has 0 saturated carbocycles. The van der Waals surface area contributed by atoms with Gasteiger partial charge in [0.05, 0.1) is 25.1 Å². The van der Waals surface area contributed by atoms with Crippen molar-refractivity contribution in [3.63, 3.8) is 0 Å². The highest BCUT2D eigenvalue weighted by Gasteiger charge is 2.30. The number of aromatic nitrogens is 4. The number of morpholine rings is 1. The molecule has 3 aromatic rings. The normalized spacial score (nSPS) is 15.4. The SMILES string of the molecule is FC(F)(F)c1cccc(Nc2nc(N3CCOCC3)c3[nH]cnc3n2)c1. The van der Waals surface area contributed by atoms with Gasteiger partial charge in [0.25, 0.3) is 0 Å². The summed E-state index contributed by atoms with van der Waals surface area (Å²) in [4.78, 5) is 17.9. The van der Waals surface area contributed by atoms with Gasteiger partial charge in [-0.3, -0.25) is 0 Å². The molecule has 0 bridgehead atoms. The van der Waals surface area contributed by atoms with E-state index in [1.165, 1.54) is 18.5 Å². The monoisotopic (exact) mass is 364 g/mol. The molecule has 1 aliphatic heterocycles. The summed E-state index contributed by atoms with van der Waals surface area (Å²) in [5, 5.41) is 2.84. The molecule has 2 aromatic heterocycles. The van der Waals surface area contributed by atoms with Gasteiger partial charge in [-0.1, -0.05) is 6.07 Å². The van der Waals surface area contributed by atoms with Crippen LogP contribution in [0.2, 0.25) is 0 Å². The van der Waals surface area contributed by atoms with E-state index in [-0.39, 0.29) is 11.6 Å². The van der Waals surface area contributed by atoms with Gasteiger partial charge in [0.2, 0.25) is 5.95 Å². The Hall–Kier alpha value is -2.88. The van der Waals surface area contributed by atoms with Crippen LogP contribution in [0.25, 0.3) is 11.2 Å². The number of anilines is 3. The third kappa shape index (κ3) is 3.27. The van der Waals surface area contributed by atoms with Crippen LogP contribution in [-0.2, 0) is 10.9 Å². The summed E-state index contributed by atoms with van der Waals surface area (Å²) >= 11 is 0. The van der Waals surface area contributed by atoms with Crippen LogP contribution in [-0.4, -0.2) is 46.2 Å². The summed E-state index contributed by atoms with van der Waals surface area (Å²) in [7, 11) is 0. The molecule has 3 heterocycles. The first-order chi connectivity index (χ1) is 12.5. The lowest BCUT2D eigenvalue weighted by Crippen LogP contribution is -2.37. The summed E-state index contributed by atoms with van der Waals surface area (Å²) in [6.45, 7) is 2.48. The van der Waals surface area contributed by atoms with Gasteiger partial charge in [-0.2, -0.15) is 23.1 Å². The van der Waals surface area contributed by atoms with Crippen LogP contribution in [0.3, 0.4) is 0 Å². The Labute approximate surface area is 146 Å². The largest absolute Gasteiger partial charge is 0.416 e. The predicted octanol–water partition coefficient (Wildman–Crippen LogP) is 2.95. The smallest absolute Gasteiger partial charge is 0.378 e. The fraction of sp³-hybridized carbons (Fsp3) is 0.312. The zero-order valence-electron chi connectivity index (χ0n) is 13.5. The Morgan fingerprint density at radius 2 is 1.96 bits per heavy atom. The molecule has 10 heteroatoms. The van der Waals surface area contributed by atoms with Crippen molar-refractivity contribution in [1.82, 2.24) is 19.9 Å². The molecule has 0 unspecified atom stereocenters. The van der Waals surface area contributed by atoms with Crippen molar-refractivity contribution in [2.45, 2.75) is 6.18 Å². The first kappa shape index (κ1) is 16.6. The Bertz CT molecular complexity index is 920. The van der Waals surface area contributed by atoms with Gasteiger partial charge >= 0.3 is 6.18 Å². The first-order valence-electron chi connectivity index (χ1n) is 7.99. The van der Waals surface area contributed by atoms with Crippen LogP contribution >= 0.6 is 0 Å². The van der Waals surface area contributed by atoms with E-state index in [0.29, 0.717) is 43.3 Å². The number of rotatable bonds is 3. The van der Waals surface area contributed by atoms with Crippen LogP contribution in [0.4, 0.5) is 30.6 Å². The van der Waals surface area contributed by atoms with Gasteiger partial charge < -0.3 is 19.9 Å². The highest BCUT2D eigenvalue weighted by molar-refractivity contribution is 5.84. The maximum absolute atomic E-state index is 12.9. The number of alkyl halides is 3. The third-order valence-electron chi connectivity index (χ3n) is 4.02. The molecule has 1 fully saturated rings. The molecule has 1 aliphatic rings. The van der Waals surface area contributed by atoms with Crippen molar-refractivity contribution in [3.8, 4) is 0 Å². The number of nitrogens with zero attached hydrogens (tertiary/aromatic N) is 4. The second-order valence-corrected chi connectivity index (χ2v) is 5.77. The summed E-state index contributed by atoms with van der Waals surface area (Å²) in [6, 6.07) is 4.90. The summed E-state index contributed by atoms with van der Waals surface area (Å²) < 4.78 is 44.0. The minimum atomic E-state index is -4.41. The number of hydrogen-bond acceptors (Lipinski definition) is 6. The predicted molar refractivity (Wildman–Crippen MR) is 89.4 cm³/mol. The van der Waals surface area contributed by atoms with Crippen molar-refractivity contribution in [1.29, 1.82) is 0 Å². The van der Waals surface area contributed by atoms with Crippen LogP contribution in [0.5, 0.6) is 0 Å². The Kier molecular flexibility index (Phi) is 4.11. The lowest BCUT2D eigenvalue weighted by Gasteiger charge is -2.28. The number of fused-ring (bicyclic) bond motifs is 1. The standard InChI is InChI=1S/C16H15F3N6O/c17-16(18,19)10-2-1-3-11(8-10)22-15-23-13-12(20-9-21-13)14(24-15)25-4-6-26-7-5-25/h1-3,8-9H,4-7H2,(H2,20,21,22,23,24). The summed E-state index contributed by atoms with van der Waals surface area (Å²) in [6.07, 6.45) is -2.90. The number of benzene rings is 1. The quantitative estimate of drug-likeness (QED) is 0.744. The van der Waals surface area contributed by atoms with E-state index in [4.69, 9.17) is 4.74 Å². The van der Waals surface area contributed by atoms with Gasteiger partial charge in [-0.05, 0) is 18.2 Å². The van der Waals surface area contributed by atoms with Gasteiger partial charge in [-0.25, -0.2) is 4.98 Å². The van der Waals surface area contributed by atoms with Gasteiger partial charge in [0, 0.05) is 18.8 Å². The van der Waals surface area contributed by atoms with E-state index in [0.717, 1.165) is 12.1 Å². The van der Waals surface area contributed by atoms with E-state index < -0.39 is 11.7 Å². The van der Waals surface area contributed by atoms with Crippen LogP contribution in [0.15, 0.2) is 30.6 Å². The molecule has 0 atom stereocenters. The number of hydrogen-bond donors (Lipinski definition) is 2. The molecule has 0 amide bonds. The van der Waals surface area contributed by atoms with Crippen LogP contribution in [0, 0.1) is 0 Å². The molecule has 0 spiro atoms. The molecule has 2 N–H and O–H groups in total. The topological polar surface area (TPSA) is 79.0 Å². The van der Waals surface area contributed by atoms with Gasteiger partial charge in [0.1, 0.15) is 5.52 Å². The van der Waals surface area contributed by atoms with E-state index in [9.17, 15) is 13.2 Å². The van der Waals surface area contributed by atoms with Crippen LogP contribution < -0.4 is 10.2 Å². The molecule has 0 aliphatic carbocycles. The van der Waals surface area contributed by atoms with E-state index in [2.05, 4.69) is 25.3 Å². The van der Waals surface area contributed by atoms with E-state index in [1.54, 1.807) is 0 Å². The number of H-pyrrole nitrogens is 1. The van der Waals surface area contributed by atoms with Crippen LogP contribution in [0.1, 0.15) is 5.56 Å². The number of imidazole rings is 1. The highest BCUT2D eigenvalue weighted by atomic mass is 19.4. The zero-order valence-corrected chi connectivity index (χ0v) is 13.5. The van der Waals surface area contributed by atoms with E-state index >= 15 is 0 Å². The molecular weight excluding hydrogens is 349 g/mol. The molecule has 7 nitrogen and oxygen atoms in total. The summed E-state index contributed by atoms with van der Waals surface area (Å²) in [5.74, 6) is 0.829. The fourth-order valence-electron chi connectivity index (χ4n) is 2.78. The molecule has 0 radical (unpaired) electrons. The van der Waals surface area contributed by atoms with Crippen molar-refractivity contribution < 1.29 is 17.9 Å². The van der Waals surface area contributed by atoms with Crippen molar-refractivity contribution in [2.75, 3.05) is 36.5 Å². The minimum Gasteiger partial charge on any atom is -0.378 e. The maximum Gasteiger partial charge on any atom is 0.416 e. The minimum absolute atomic E-state index is 0.186. The average Bonchev–Trinajstić information content (AvgIpc) is 3.10. The molecule has 4 rings (SSSR count). The van der Waals surface area contributed by atoms with E-state index in [1.807, 2.05) is 4.90 Å². The Balaban J connectivity index is 1.69. The lowest BCUT2D eigenvalue weighted by atomic mass is 10.2. The second-order valence-electron chi connectivity index (χ2n) is 5.77. The molecule has 1 saturated heterocycles. The zero-order chi connectivity index (χ0) is 18.1. The number of aromatic amines is 1. The first-order valence-corrected chi connectivity index (χ1v) is 7.99. The lowest BCUT2D eigenvalue weighted by molar-refractivity contribution is -0.137. The number of ether oxygens (including phenoxy) is 1. The van der Waals surface area contributed by atoms with Gasteiger partial charge in [0.15, 0.2) is 11.5 Å². The fourth-order valence-corrected chi connectivity index (χ4v) is 2.78. The molecule has 26 heavy (non-hydrogen) atoms. The average molecular weight is 364 g/mol.